The van der Waals surface area contributed by atoms with Gasteiger partial charge in [-0.05, 0) is 50.4 Å². The van der Waals surface area contributed by atoms with Gasteiger partial charge in [-0.3, -0.25) is 0 Å². The monoisotopic (exact) mass is 285 g/mol. The van der Waals surface area contributed by atoms with Gasteiger partial charge in [-0.1, -0.05) is 0 Å². The highest BCUT2D eigenvalue weighted by molar-refractivity contribution is 5.85. The van der Waals surface area contributed by atoms with E-state index in [-0.39, 0.29) is 29.8 Å². The highest BCUT2D eigenvalue weighted by Gasteiger charge is 2.21. The Hall–Kier alpha value is -1.33. The summed E-state index contributed by atoms with van der Waals surface area (Å²) in [5.74, 6) is 0.0670. The fraction of sp³-hybridized carbons (Fsp3) is 0.462. The van der Waals surface area contributed by atoms with E-state index < -0.39 is 0 Å². The Morgan fingerprint density at radius 2 is 1.95 bits per heavy atom. The van der Waals surface area contributed by atoms with Crippen molar-refractivity contribution in [3.8, 4) is 0 Å². The molecule has 0 radical (unpaired) electrons. The maximum Gasteiger partial charge on any atom is 0.323 e. The summed E-state index contributed by atoms with van der Waals surface area (Å²) < 4.78 is 14.4. The number of nitrogens with one attached hydrogen (secondary N) is 3. The molecule has 0 aliphatic carbocycles. The zero-order valence-electron chi connectivity index (χ0n) is 10.7. The van der Waals surface area contributed by atoms with E-state index in [4.69, 9.17) is 0 Å². The quantitative estimate of drug-likeness (QED) is 0.752. The van der Waals surface area contributed by atoms with Gasteiger partial charge in [-0.15, -0.1) is 12.4 Å². The summed E-state index contributed by atoms with van der Waals surface area (Å²) in [5.41, 5.74) is 2.26. The minimum absolute atomic E-state index is 0. The first-order valence-electron chi connectivity index (χ1n) is 6.28. The number of aromatic amines is 2. The number of fused-ring (bicyclic) bond motifs is 1. The first-order chi connectivity index (χ1) is 8.66. The lowest BCUT2D eigenvalue weighted by Crippen LogP contribution is -2.27. The molecule has 0 unspecified atom stereocenters. The van der Waals surface area contributed by atoms with Crippen molar-refractivity contribution in [3.05, 3.63) is 33.5 Å². The molecule has 6 heteroatoms. The Labute approximate surface area is 116 Å². The molecule has 4 nitrogen and oxygen atoms in total. The van der Waals surface area contributed by atoms with Crippen molar-refractivity contribution in [2.24, 2.45) is 0 Å². The SMILES string of the molecule is Cc1c(F)c(C2CCNCC2)cc2[nH]c(=O)[nH]c12.Cl. The Morgan fingerprint density at radius 1 is 1.26 bits per heavy atom. The number of imidazole rings is 1. The van der Waals surface area contributed by atoms with Gasteiger partial charge in [0.2, 0.25) is 0 Å². The van der Waals surface area contributed by atoms with Gasteiger partial charge in [0.25, 0.3) is 0 Å². The van der Waals surface area contributed by atoms with Crippen LogP contribution in [0.15, 0.2) is 10.9 Å². The van der Waals surface area contributed by atoms with E-state index in [0.717, 1.165) is 31.5 Å². The van der Waals surface area contributed by atoms with Crippen LogP contribution in [0.4, 0.5) is 4.39 Å². The lowest BCUT2D eigenvalue weighted by atomic mass is 9.88. The smallest absolute Gasteiger partial charge is 0.317 e. The second-order valence-corrected chi connectivity index (χ2v) is 4.93. The van der Waals surface area contributed by atoms with Crippen LogP contribution in [0.2, 0.25) is 0 Å². The molecule has 0 saturated carbocycles. The maximum absolute atomic E-state index is 14.4. The first kappa shape index (κ1) is 14.1. The fourth-order valence-electron chi connectivity index (χ4n) is 2.78. The topological polar surface area (TPSA) is 60.7 Å². The molecule has 2 heterocycles. The zero-order chi connectivity index (χ0) is 12.7. The molecule has 1 fully saturated rings. The van der Waals surface area contributed by atoms with Crippen LogP contribution in [0.1, 0.15) is 29.9 Å². The van der Waals surface area contributed by atoms with Crippen LogP contribution in [0, 0.1) is 12.7 Å². The van der Waals surface area contributed by atoms with Crippen LogP contribution in [-0.4, -0.2) is 23.1 Å². The number of halogens is 2. The lowest BCUT2D eigenvalue weighted by Gasteiger charge is -2.24. The van der Waals surface area contributed by atoms with Crippen LogP contribution >= 0.6 is 12.4 Å². The Morgan fingerprint density at radius 3 is 2.63 bits per heavy atom. The third-order valence-electron chi connectivity index (χ3n) is 3.79. The summed E-state index contributed by atoms with van der Waals surface area (Å²) in [6, 6.07) is 1.78. The minimum Gasteiger partial charge on any atom is -0.317 e. The molecule has 1 aromatic carbocycles. The van der Waals surface area contributed by atoms with E-state index in [2.05, 4.69) is 15.3 Å². The molecule has 3 rings (SSSR count). The molecular formula is C13H17ClFN3O. The van der Waals surface area contributed by atoms with Crippen LogP contribution in [0.3, 0.4) is 0 Å². The van der Waals surface area contributed by atoms with Crippen molar-refractivity contribution in [2.45, 2.75) is 25.7 Å². The highest BCUT2D eigenvalue weighted by Crippen LogP contribution is 2.31. The third kappa shape index (κ3) is 2.40. The number of piperidine rings is 1. The summed E-state index contributed by atoms with van der Waals surface area (Å²) in [5, 5.41) is 3.27. The molecule has 1 aromatic heterocycles. The normalized spacial score (nSPS) is 16.5. The summed E-state index contributed by atoms with van der Waals surface area (Å²) in [4.78, 5) is 16.6. The van der Waals surface area contributed by atoms with E-state index in [1.165, 1.54) is 0 Å². The Bertz CT molecular complexity index is 643. The van der Waals surface area contributed by atoms with Crippen molar-refractivity contribution in [2.75, 3.05) is 13.1 Å². The van der Waals surface area contributed by atoms with Gasteiger partial charge in [-0.25, -0.2) is 9.18 Å². The van der Waals surface area contributed by atoms with E-state index in [1.807, 2.05) is 0 Å². The van der Waals surface area contributed by atoms with E-state index in [1.54, 1.807) is 13.0 Å². The van der Waals surface area contributed by atoms with Crippen LogP contribution in [0.25, 0.3) is 11.0 Å². The average molecular weight is 286 g/mol. The van der Waals surface area contributed by atoms with Gasteiger partial charge >= 0.3 is 5.69 Å². The molecule has 0 spiro atoms. The average Bonchev–Trinajstić information content (AvgIpc) is 2.76. The molecule has 0 amide bonds. The summed E-state index contributed by atoms with van der Waals surface area (Å²) >= 11 is 0. The number of aromatic nitrogens is 2. The van der Waals surface area contributed by atoms with Gasteiger partial charge in [0, 0.05) is 5.56 Å². The van der Waals surface area contributed by atoms with Gasteiger partial charge in [0.15, 0.2) is 0 Å². The van der Waals surface area contributed by atoms with Gasteiger partial charge in [0.05, 0.1) is 11.0 Å². The summed E-state index contributed by atoms with van der Waals surface area (Å²) in [7, 11) is 0. The summed E-state index contributed by atoms with van der Waals surface area (Å²) in [6.07, 6.45) is 1.88. The summed E-state index contributed by atoms with van der Waals surface area (Å²) in [6.45, 7) is 3.56. The maximum atomic E-state index is 14.4. The molecule has 0 bridgehead atoms. The number of hydrogen-bond acceptors (Lipinski definition) is 2. The van der Waals surface area contributed by atoms with Crippen molar-refractivity contribution in [1.29, 1.82) is 0 Å². The van der Waals surface area contributed by atoms with Crippen molar-refractivity contribution >= 4 is 23.4 Å². The molecule has 1 aliphatic rings. The number of hydrogen-bond donors (Lipinski definition) is 3. The zero-order valence-corrected chi connectivity index (χ0v) is 11.5. The number of aryl methyl sites for hydroxylation is 1. The van der Waals surface area contributed by atoms with Gasteiger partial charge in [0.1, 0.15) is 5.82 Å². The number of benzene rings is 1. The number of rotatable bonds is 1. The highest BCUT2D eigenvalue weighted by atomic mass is 35.5. The fourth-order valence-corrected chi connectivity index (χ4v) is 2.78. The molecule has 104 valence electrons. The molecule has 19 heavy (non-hydrogen) atoms. The van der Waals surface area contributed by atoms with Crippen molar-refractivity contribution < 1.29 is 4.39 Å². The largest absolute Gasteiger partial charge is 0.323 e. The predicted octanol–water partition coefficient (Wildman–Crippen LogP) is 2.19. The van der Waals surface area contributed by atoms with Crippen molar-refractivity contribution in [1.82, 2.24) is 15.3 Å². The molecule has 3 N–H and O–H groups in total. The second-order valence-electron chi connectivity index (χ2n) is 4.93. The van der Waals surface area contributed by atoms with Gasteiger partial charge < -0.3 is 15.3 Å². The van der Waals surface area contributed by atoms with Crippen LogP contribution in [-0.2, 0) is 0 Å². The molecule has 0 atom stereocenters. The predicted molar refractivity (Wildman–Crippen MR) is 75.7 cm³/mol. The molecule has 1 aliphatic heterocycles. The Balaban J connectivity index is 0.00000133. The van der Waals surface area contributed by atoms with E-state index in [9.17, 15) is 9.18 Å². The minimum atomic E-state index is -0.282. The van der Waals surface area contributed by atoms with E-state index in [0.29, 0.717) is 16.6 Å². The van der Waals surface area contributed by atoms with Crippen LogP contribution in [0.5, 0.6) is 0 Å². The van der Waals surface area contributed by atoms with E-state index >= 15 is 0 Å². The molecular weight excluding hydrogens is 269 g/mol. The third-order valence-corrected chi connectivity index (χ3v) is 3.79. The molecule has 2 aromatic rings. The second kappa shape index (κ2) is 5.35. The Kier molecular flexibility index (Phi) is 3.96. The number of H-pyrrole nitrogens is 2. The lowest BCUT2D eigenvalue weighted by molar-refractivity contribution is 0.444. The molecule has 1 saturated heterocycles. The standard InChI is InChI=1S/C13H16FN3O.ClH/c1-7-11(14)9(8-2-4-15-5-3-8)6-10-12(7)17-13(18)16-10;/h6,8,15H,2-5H2,1H3,(H2,16,17,18);1H. The van der Waals surface area contributed by atoms with Crippen molar-refractivity contribution in [3.63, 3.8) is 0 Å². The van der Waals surface area contributed by atoms with Crippen LogP contribution < -0.4 is 11.0 Å². The van der Waals surface area contributed by atoms with Gasteiger partial charge in [-0.2, -0.15) is 0 Å². The first-order valence-corrected chi connectivity index (χ1v) is 6.28.